The van der Waals surface area contributed by atoms with Crippen molar-refractivity contribution in [3.63, 3.8) is 0 Å². The van der Waals surface area contributed by atoms with E-state index in [2.05, 4.69) is 9.97 Å². The third-order valence-corrected chi connectivity index (χ3v) is 5.35. The molecule has 1 aliphatic rings. The predicted molar refractivity (Wildman–Crippen MR) is 112 cm³/mol. The highest BCUT2D eigenvalue weighted by atomic mass is 16.3. The smallest absolute Gasteiger partial charge is 0.296 e. The maximum atomic E-state index is 13.0. The summed E-state index contributed by atoms with van der Waals surface area (Å²) < 4.78 is 0. The minimum Gasteiger partial charge on any atom is -0.507 e. The van der Waals surface area contributed by atoms with Gasteiger partial charge in [0, 0.05) is 18.0 Å². The summed E-state index contributed by atoms with van der Waals surface area (Å²) in [6.07, 6.45) is 3.24. The zero-order valence-corrected chi connectivity index (χ0v) is 16.7. The van der Waals surface area contributed by atoms with E-state index in [-0.39, 0.29) is 17.9 Å². The summed E-state index contributed by atoms with van der Waals surface area (Å²) in [4.78, 5) is 36.0. The van der Waals surface area contributed by atoms with Gasteiger partial charge in [-0.1, -0.05) is 24.3 Å². The highest BCUT2D eigenvalue weighted by molar-refractivity contribution is 6.46. The Hall–Kier alpha value is -3.80. The number of rotatable bonds is 4. The number of hydrogen-bond acceptors (Lipinski definition) is 5. The van der Waals surface area contributed by atoms with Crippen molar-refractivity contribution in [1.29, 1.82) is 0 Å². The van der Waals surface area contributed by atoms with Crippen LogP contribution in [-0.4, -0.2) is 31.7 Å². The number of carbonyl (C=O) groups is 2. The Morgan fingerprint density at radius 2 is 1.70 bits per heavy atom. The van der Waals surface area contributed by atoms with Crippen LogP contribution >= 0.6 is 0 Å². The molecule has 1 aromatic carbocycles. The fourth-order valence-electron chi connectivity index (χ4n) is 3.60. The van der Waals surface area contributed by atoms with E-state index in [1.54, 1.807) is 48.8 Å². The molecule has 150 valence electrons. The van der Waals surface area contributed by atoms with Crippen LogP contribution in [0.25, 0.3) is 5.76 Å². The lowest BCUT2D eigenvalue weighted by Gasteiger charge is -2.24. The maximum absolute atomic E-state index is 13.0. The molecule has 0 saturated carbocycles. The summed E-state index contributed by atoms with van der Waals surface area (Å²) in [5, 5.41) is 11.1. The number of likely N-dealkylation sites (tertiary alicyclic amines) is 1. The summed E-state index contributed by atoms with van der Waals surface area (Å²) in [5.74, 6) is -1.60. The number of aliphatic hydroxyl groups is 1. The number of ketones is 1. The number of Topliss-reactive ketones (excluding diaryl/α,β-unsaturated/α-hetero) is 1. The average Bonchev–Trinajstić information content (AvgIpc) is 3.01. The molecule has 3 heterocycles. The van der Waals surface area contributed by atoms with Crippen LogP contribution in [0.4, 0.5) is 0 Å². The molecular weight excluding hydrogens is 378 g/mol. The number of aryl methyl sites for hydroxylation is 2. The van der Waals surface area contributed by atoms with Crippen LogP contribution in [0.1, 0.15) is 34.1 Å². The molecule has 3 aromatic rings. The first-order valence-corrected chi connectivity index (χ1v) is 9.64. The summed E-state index contributed by atoms with van der Waals surface area (Å²) in [7, 11) is 0. The van der Waals surface area contributed by atoms with Crippen LogP contribution in [0.3, 0.4) is 0 Å². The molecule has 30 heavy (non-hydrogen) atoms. The molecule has 1 saturated heterocycles. The SMILES string of the molecule is Cc1ccc(/C(O)=C2/C(=O)C(=O)N(Cc3ccccn3)C2c2ccccn2)cc1C. The van der Waals surface area contributed by atoms with Gasteiger partial charge in [-0.05, 0) is 55.3 Å². The molecule has 0 bridgehead atoms. The lowest BCUT2D eigenvalue weighted by Crippen LogP contribution is -2.29. The van der Waals surface area contributed by atoms with Crippen LogP contribution in [-0.2, 0) is 16.1 Å². The lowest BCUT2D eigenvalue weighted by molar-refractivity contribution is -0.140. The lowest BCUT2D eigenvalue weighted by atomic mass is 9.96. The number of aliphatic hydroxyl groups excluding tert-OH is 1. The normalized spacial score (nSPS) is 18.1. The molecule has 2 aromatic heterocycles. The number of pyridine rings is 2. The summed E-state index contributed by atoms with van der Waals surface area (Å²) in [5.41, 5.74) is 3.75. The van der Waals surface area contributed by atoms with E-state index in [1.165, 1.54) is 4.90 Å². The summed E-state index contributed by atoms with van der Waals surface area (Å²) >= 11 is 0. The zero-order chi connectivity index (χ0) is 21.3. The molecule has 0 radical (unpaired) electrons. The highest BCUT2D eigenvalue weighted by Crippen LogP contribution is 2.39. The largest absolute Gasteiger partial charge is 0.507 e. The Kier molecular flexibility index (Phi) is 5.14. The van der Waals surface area contributed by atoms with Gasteiger partial charge in [0.15, 0.2) is 0 Å². The number of hydrogen-bond donors (Lipinski definition) is 1. The first kappa shape index (κ1) is 19.5. The number of benzene rings is 1. The van der Waals surface area contributed by atoms with E-state index in [4.69, 9.17) is 0 Å². The second-order valence-corrected chi connectivity index (χ2v) is 7.30. The minimum atomic E-state index is -0.796. The summed E-state index contributed by atoms with van der Waals surface area (Å²) in [6.45, 7) is 4.04. The van der Waals surface area contributed by atoms with Crippen molar-refractivity contribution in [1.82, 2.24) is 14.9 Å². The third-order valence-electron chi connectivity index (χ3n) is 5.35. The number of carbonyl (C=O) groups excluding carboxylic acids is 2. The Morgan fingerprint density at radius 1 is 0.967 bits per heavy atom. The average molecular weight is 399 g/mol. The molecule has 6 heteroatoms. The molecule has 0 aliphatic carbocycles. The quantitative estimate of drug-likeness (QED) is 0.411. The molecule has 1 amide bonds. The Labute approximate surface area is 174 Å². The second-order valence-electron chi connectivity index (χ2n) is 7.30. The molecule has 1 aliphatic heterocycles. The third kappa shape index (κ3) is 3.48. The van der Waals surface area contributed by atoms with Gasteiger partial charge in [0.05, 0.1) is 23.5 Å². The van der Waals surface area contributed by atoms with Gasteiger partial charge in [0.25, 0.3) is 11.7 Å². The Balaban J connectivity index is 1.86. The van der Waals surface area contributed by atoms with Gasteiger partial charge >= 0.3 is 0 Å². The minimum absolute atomic E-state index is 0.0397. The highest BCUT2D eigenvalue weighted by Gasteiger charge is 2.46. The number of aromatic nitrogens is 2. The van der Waals surface area contributed by atoms with Gasteiger partial charge in [-0.25, -0.2) is 0 Å². The van der Waals surface area contributed by atoms with Gasteiger partial charge in [-0.3, -0.25) is 19.6 Å². The van der Waals surface area contributed by atoms with Gasteiger partial charge in [0.1, 0.15) is 11.8 Å². The van der Waals surface area contributed by atoms with Crippen molar-refractivity contribution < 1.29 is 14.7 Å². The number of amides is 1. The van der Waals surface area contributed by atoms with Crippen LogP contribution in [0.2, 0.25) is 0 Å². The molecule has 4 rings (SSSR count). The fourth-order valence-corrected chi connectivity index (χ4v) is 3.60. The first-order chi connectivity index (χ1) is 14.5. The molecule has 1 atom stereocenters. The van der Waals surface area contributed by atoms with Crippen molar-refractivity contribution in [2.24, 2.45) is 0 Å². The predicted octanol–water partition coefficient (Wildman–Crippen LogP) is 3.72. The molecule has 0 spiro atoms. The Bertz CT molecular complexity index is 1140. The maximum Gasteiger partial charge on any atom is 0.296 e. The van der Waals surface area contributed by atoms with Crippen molar-refractivity contribution in [3.8, 4) is 0 Å². The molecular formula is C24H21N3O3. The van der Waals surface area contributed by atoms with E-state index >= 15 is 0 Å². The van der Waals surface area contributed by atoms with Crippen molar-refractivity contribution in [3.05, 3.63) is 101 Å². The van der Waals surface area contributed by atoms with Crippen LogP contribution < -0.4 is 0 Å². The van der Waals surface area contributed by atoms with E-state index in [1.807, 2.05) is 32.0 Å². The van der Waals surface area contributed by atoms with Gasteiger partial charge in [-0.2, -0.15) is 0 Å². The van der Waals surface area contributed by atoms with Crippen LogP contribution in [0.15, 0.2) is 72.6 Å². The second kappa shape index (κ2) is 7.91. The van der Waals surface area contributed by atoms with Gasteiger partial charge in [-0.15, -0.1) is 0 Å². The molecule has 1 unspecified atom stereocenters. The zero-order valence-electron chi connectivity index (χ0n) is 16.7. The van der Waals surface area contributed by atoms with Crippen LogP contribution in [0.5, 0.6) is 0 Å². The van der Waals surface area contributed by atoms with Gasteiger partial charge < -0.3 is 10.0 Å². The molecule has 1 N–H and O–H groups in total. The molecule has 6 nitrogen and oxygen atoms in total. The van der Waals surface area contributed by atoms with Crippen molar-refractivity contribution in [2.45, 2.75) is 26.4 Å². The first-order valence-electron chi connectivity index (χ1n) is 9.64. The topological polar surface area (TPSA) is 83.4 Å². The summed E-state index contributed by atoms with van der Waals surface area (Å²) in [6, 6.07) is 15.3. The Morgan fingerprint density at radius 3 is 2.33 bits per heavy atom. The van der Waals surface area contributed by atoms with E-state index in [9.17, 15) is 14.7 Å². The van der Waals surface area contributed by atoms with E-state index in [0.717, 1.165) is 11.1 Å². The van der Waals surface area contributed by atoms with Crippen molar-refractivity contribution in [2.75, 3.05) is 0 Å². The number of nitrogens with zero attached hydrogens (tertiary/aromatic N) is 3. The molecule has 1 fully saturated rings. The van der Waals surface area contributed by atoms with E-state index in [0.29, 0.717) is 17.0 Å². The fraction of sp³-hybridized carbons (Fsp3) is 0.167. The van der Waals surface area contributed by atoms with Crippen molar-refractivity contribution >= 4 is 17.4 Å². The van der Waals surface area contributed by atoms with Crippen LogP contribution in [0, 0.1) is 13.8 Å². The monoisotopic (exact) mass is 399 g/mol. The van der Waals surface area contributed by atoms with E-state index < -0.39 is 17.7 Å². The standard InChI is InChI=1S/C24H21N3O3/c1-15-9-10-17(13-16(15)2)22(28)20-21(19-8-4-6-12-26-19)27(24(30)23(20)29)14-18-7-3-5-11-25-18/h3-13,21,28H,14H2,1-2H3/b22-20-. The van der Waals surface area contributed by atoms with Gasteiger partial charge in [0.2, 0.25) is 0 Å².